The second kappa shape index (κ2) is 6.71. The zero-order valence-corrected chi connectivity index (χ0v) is 11.5. The van der Waals surface area contributed by atoms with Crippen molar-refractivity contribution in [3.8, 4) is 0 Å². The minimum atomic E-state index is -0.292. The molecule has 0 spiro atoms. The van der Waals surface area contributed by atoms with Crippen LogP contribution in [0.15, 0.2) is 22.7 Å². The number of rotatable bonds is 5. The average Bonchev–Trinajstić information content (AvgIpc) is 2.32. The molecule has 0 bridgehead atoms. The SMILES string of the molecule is CCN(CC(=O)OC)Cc1cc(F)ccc1Br. The molecule has 0 aliphatic heterocycles. The summed E-state index contributed by atoms with van der Waals surface area (Å²) in [6, 6.07) is 4.52. The highest BCUT2D eigenvalue weighted by Gasteiger charge is 2.11. The lowest BCUT2D eigenvalue weighted by molar-refractivity contribution is -0.142. The highest BCUT2D eigenvalue weighted by Crippen LogP contribution is 2.19. The molecule has 0 N–H and O–H groups in total. The Kier molecular flexibility index (Phi) is 5.58. The number of nitrogens with zero attached hydrogens (tertiary/aromatic N) is 1. The maximum Gasteiger partial charge on any atom is 0.319 e. The van der Waals surface area contributed by atoms with Gasteiger partial charge in [0.05, 0.1) is 13.7 Å². The Balaban J connectivity index is 2.73. The number of carbonyl (C=O) groups is 1. The minimum absolute atomic E-state index is 0.204. The zero-order chi connectivity index (χ0) is 12.8. The first-order valence-corrected chi connectivity index (χ1v) is 6.09. The van der Waals surface area contributed by atoms with E-state index in [1.807, 2.05) is 11.8 Å². The normalized spacial score (nSPS) is 10.6. The van der Waals surface area contributed by atoms with Crippen molar-refractivity contribution >= 4 is 21.9 Å². The molecule has 0 heterocycles. The molecule has 0 saturated heterocycles. The number of likely N-dealkylation sites (N-methyl/N-ethyl adjacent to an activating group) is 1. The van der Waals surface area contributed by atoms with Gasteiger partial charge in [0.25, 0.3) is 0 Å². The van der Waals surface area contributed by atoms with Crippen LogP contribution < -0.4 is 0 Å². The molecule has 1 aromatic rings. The number of methoxy groups -OCH3 is 1. The minimum Gasteiger partial charge on any atom is -0.468 e. The van der Waals surface area contributed by atoms with Crippen LogP contribution in [-0.4, -0.2) is 31.1 Å². The summed E-state index contributed by atoms with van der Waals surface area (Å²) in [5.41, 5.74) is 0.816. The summed E-state index contributed by atoms with van der Waals surface area (Å²) in [7, 11) is 1.36. The van der Waals surface area contributed by atoms with Gasteiger partial charge in [-0.25, -0.2) is 4.39 Å². The van der Waals surface area contributed by atoms with E-state index in [2.05, 4.69) is 20.7 Å². The van der Waals surface area contributed by atoms with Crippen molar-refractivity contribution in [3.63, 3.8) is 0 Å². The number of carbonyl (C=O) groups excluding carboxylic acids is 1. The third-order valence-corrected chi connectivity index (χ3v) is 3.20. The predicted octanol–water partition coefficient (Wildman–Crippen LogP) is 2.58. The predicted molar refractivity (Wildman–Crippen MR) is 67.1 cm³/mol. The van der Waals surface area contributed by atoms with Gasteiger partial charge >= 0.3 is 5.97 Å². The fourth-order valence-corrected chi connectivity index (χ4v) is 1.80. The third-order valence-electron chi connectivity index (χ3n) is 2.43. The number of hydrogen-bond acceptors (Lipinski definition) is 3. The molecule has 0 aliphatic rings. The topological polar surface area (TPSA) is 29.5 Å². The molecule has 0 atom stereocenters. The van der Waals surface area contributed by atoms with E-state index < -0.39 is 0 Å². The van der Waals surface area contributed by atoms with E-state index in [0.717, 1.165) is 10.0 Å². The summed E-state index contributed by atoms with van der Waals surface area (Å²) in [5.74, 6) is -0.573. The highest BCUT2D eigenvalue weighted by atomic mass is 79.9. The Morgan fingerprint density at radius 3 is 2.82 bits per heavy atom. The molecule has 0 radical (unpaired) electrons. The molecule has 0 amide bonds. The molecule has 17 heavy (non-hydrogen) atoms. The Morgan fingerprint density at radius 1 is 1.53 bits per heavy atom. The van der Waals surface area contributed by atoms with Crippen LogP contribution in [0.3, 0.4) is 0 Å². The van der Waals surface area contributed by atoms with Crippen LogP contribution in [0.2, 0.25) is 0 Å². The lowest BCUT2D eigenvalue weighted by atomic mass is 10.2. The Hall–Kier alpha value is -0.940. The van der Waals surface area contributed by atoms with Gasteiger partial charge in [-0.3, -0.25) is 9.69 Å². The summed E-state index contributed by atoms with van der Waals surface area (Å²) < 4.78 is 18.5. The van der Waals surface area contributed by atoms with E-state index in [9.17, 15) is 9.18 Å². The first-order valence-electron chi connectivity index (χ1n) is 5.30. The number of hydrogen-bond donors (Lipinski definition) is 0. The van der Waals surface area contributed by atoms with Gasteiger partial charge in [-0.2, -0.15) is 0 Å². The molecular formula is C12H15BrFNO2. The molecule has 0 aromatic heterocycles. The maximum atomic E-state index is 13.1. The molecule has 0 saturated carbocycles. The van der Waals surface area contributed by atoms with E-state index in [1.54, 1.807) is 6.07 Å². The van der Waals surface area contributed by atoms with Crippen molar-refractivity contribution in [3.05, 3.63) is 34.1 Å². The van der Waals surface area contributed by atoms with Crippen LogP contribution in [0, 0.1) is 5.82 Å². The van der Waals surface area contributed by atoms with Gasteiger partial charge in [0.15, 0.2) is 0 Å². The molecule has 94 valence electrons. The molecule has 0 fully saturated rings. The second-order valence-corrected chi connectivity index (χ2v) is 4.47. The second-order valence-electron chi connectivity index (χ2n) is 3.62. The smallest absolute Gasteiger partial charge is 0.319 e. The lowest BCUT2D eigenvalue weighted by Crippen LogP contribution is -2.30. The zero-order valence-electron chi connectivity index (χ0n) is 9.87. The number of halogens is 2. The van der Waals surface area contributed by atoms with Crippen LogP contribution in [0.1, 0.15) is 12.5 Å². The van der Waals surface area contributed by atoms with Gasteiger partial charge in [-0.05, 0) is 30.3 Å². The van der Waals surface area contributed by atoms with Gasteiger partial charge in [0, 0.05) is 11.0 Å². The summed E-state index contributed by atoms with van der Waals surface area (Å²) in [5, 5.41) is 0. The van der Waals surface area contributed by atoms with Crippen molar-refractivity contribution < 1.29 is 13.9 Å². The molecule has 0 unspecified atom stereocenters. The average molecular weight is 304 g/mol. The van der Waals surface area contributed by atoms with Crippen LogP contribution in [0.25, 0.3) is 0 Å². The highest BCUT2D eigenvalue weighted by molar-refractivity contribution is 9.10. The molecule has 1 aromatic carbocycles. The summed E-state index contributed by atoms with van der Waals surface area (Å²) in [4.78, 5) is 13.1. The largest absolute Gasteiger partial charge is 0.468 e. The number of benzene rings is 1. The lowest BCUT2D eigenvalue weighted by Gasteiger charge is -2.19. The molecule has 1 rings (SSSR count). The first-order chi connectivity index (χ1) is 8.06. The quantitative estimate of drug-likeness (QED) is 0.783. The Morgan fingerprint density at radius 2 is 2.24 bits per heavy atom. The van der Waals surface area contributed by atoms with Crippen LogP contribution in [0.4, 0.5) is 4.39 Å². The monoisotopic (exact) mass is 303 g/mol. The van der Waals surface area contributed by atoms with Gasteiger partial charge in [-0.1, -0.05) is 22.9 Å². The van der Waals surface area contributed by atoms with E-state index >= 15 is 0 Å². The molecular weight excluding hydrogens is 289 g/mol. The summed E-state index contributed by atoms with van der Waals surface area (Å²) >= 11 is 3.36. The fourth-order valence-electron chi connectivity index (χ4n) is 1.43. The molecule has 0 aliphatic carbocycles. The van der Waals surface area contributed by atoms with Gasteiger partial charge in [0.1, 0.15) is 5.82 Å². The maximum absolute atomic E-state index is 13.1. The Bertz CT molecular complexity index is 398. The Labute approximate surface area is 109 Å². The standard InChI is InChI=1S/C12H15BrFNO2/c1-3-15(8-12(16)17-2)7-9-6-10(14)4-5-11(9)13/h4-6H,3,7-8H2,1-2H3. The number of ether oxygens (including phenoxy) is 1. The summed E-state index contributed by atoms with van der Waals surface area (Å²) in [6.07, 6.45) is 0. The van der Waals surface area contributed by atoms with Gasteiger partial charge < -0.3 is 4.74 Å². The van der Waals surface area contributed by atoms with Gasteiger partial charge in [-0.15, -0.1) is 0 Å². The van der Waals surface area contributed by atoms with Crippen LogP contribution in [-0.2, 0) is 16.1 Å². The van der Waals surface area contributed by atoms with E-state index in [1.165, 1.54) is 19.2 Å². The van der Waals surface area contributed by atoms with E-state index in [-0.39, 0.29) is 18.3 Å². The van der Waals surface area contributed by atoms with Crippen LogP contribution >= 0.6 is 15.9 Å². The third kappa shape index (κ3) is 4.44. The molecule has 5 heteroatoms. The molecule has 3 nitrogen and oxygen atoms in total. The van der Waals surface area contributed by atoms with E-state index in [4.69, 9.17) is 0 Å². The van der Waals surface area contributed by atoms with E-state index in [0.29, 0.717) is 13.1 Å². The van der Waals surface area contributed by atoms with Crippen molar-refractivity contribution in [2.45, 2.75) is 13.5 Å². The van der Waals surface area contributed by atoms with Crippen LogP contribution in [0.5, 0.6) is 0 Å². The first kappa shape index (κ1) is 14.1. The fraction of sp³-hybridized carbons (Fsp3) is 0.417. The van der Waals surface area contributed by atoms with Crippen molar-refractivity contribution in [1.29, 1.82) is 0 Å². The van der Waals surface area contributed by atoms with Crippen molar-refractivity contribution in [2.24, 2.45) is 0 Å². The van der Waals surface area contributed by atoms with Crippen molar-refractivity contribution in [2.75, 3.05) is 20.2 Å². The van der Waals surface area contributed by atoms with Gasteiger partial charge in [0.2, 0.25) is 0 Å². The van der Waals surface area contributed by atoms with Crippen molar-refractivity contribution in [1.82, 2.24) is 4.90 Å². The number of esters is 1. The summed E-state index contributed by atoms with van der Waals surface area (Å²) in [6.45, 7) is 3.34.